The molecule has 1 heterocycles. The molecule has 7 nitrogen and oxygen atoms in total. The molecule has 0 saturated heterocycles. The van der Waals surface area contributed by atoms with E-state index < -0.39 is 5.97 Å². The maximum absolute atomic E-state index is 12.4. The molecule has 1 aromatic carbocycles. The molecular formula is C14H15N3O4. The molecule has 0 spiro atoms. The second kappa shape index (κ2) is 6.76. The van der Waals surface area contributed by atoms with Crippen molar-refractivity contribution in [2.24, 2.45) is 0 Å². The molecule has 1 N–H and O–H groups in total. The third kappa shape index (κ3) is 3.73. The summed E-state index contributed by atoms with van der Waals surface area (Å²) in [7, 11) is 1.50. The molecule has 1 amide bonds. The Hall–Kier alpha value is -2.54. The van der Waals surface area contributed by atoms with Gasteiger partial charge in [-0.1, -0.05) is 0 Å². The highest BCUT2D eigenvalue weighted by Gasteiger charge is 2.18. The zero-order valence-corrected chi connectivity index (χ0v) is 11.5. The van der Waals surface area contributed by atoms with Crippen LogP contribution in [0.4, 0.5) is 0 Å². The standard InChI is InChI=1S/C14H15N3O4/c1-21-7-6-17(9-13(18)19)14(20)10-2-3-11-12(8-10)16-5-4-15-11/h2-5,8H,6-7,9H2,1H3,(H,18,19). The largest absolute Gasteiger partial charge is 0.480 e. The lowest BCUT2D eigenvalue weighted by atomic mass is 10.1. The number of carbonyl (C=O) groups is 2. The zero-order chi connectivity index (χ0) is 15.2. The summed E-state index contributed by atoms with van der Waals surface area (Å²) in [6.45, 7) is 0.104. The highest BCUT2D eigenvalue weighted by Crippen LogP contribution is 2.13. The molecular weight excluding hydrogens is 274 g/mol. The van der Waals surface area contributed by atoms with E-state index in [0.29, 0.717) is 16.6 Å². The number of carboxylic acids is 1. The molecule has 110 valence electrons. The summed E-state index contributed by atoms with van der Waals surface area (Å²) in [5, 5.41) is 8.89. The summed E-state index contributed by atoms with van der Waals surface area (Å²) < 4.78 is 4.90. The quantitative estimate of drug-likeness (QED) is 0.845. The molecule has 2 rings (SSSR count). The zero-order valence-electron chi connectivity index (χ0n) is 11.5. The minimum atomic E-state index is -1.07. The second-order valence-corrected chi connectivity index (χ2v) is 4.37. The van der Waals surface area contributed by atoms with Crippen LogP contribution in [0, 0.1) is 0 Å². The van der Waals surface area contributed by atoms with Crippen molar-refractivity contribution in [3.05, 3.63) is 36.2 Å². The Kier molecular flexibility index (Phi) is 4.78. The first-order valence-corrected chi connectivity index (χ1v) is 6.32. The van der Waals surface area contributed by atoms with Crippen LogP contribution in [0.15, 0.2) is 30.6 Å². The fraction of sp³-hybridized carbons (Fsp3) is 0.286. The molecule has 21 heavy (non-hydrogen) atoms. The van der Waals surface area contributed by atoms with E-state index in [1.54, 1.807) is 24.4 Å². The molecule has 0 saturated carbocycles. The Morgan fingerprint density at radius 2 is 1.95 bits per heavy atom. The lowest BCUT2D eigenvalue weighted by Gasteiger charge is -2.20. The van der Waals surface area contributed by atoms with Gasteiger partial charge in [-0.15, -0.1) is 0 Å². The lowest BCUT2D eigenvalue weighted by Crippen LogP contribution is -2.38. The first-order chi connectivity index (χ1) is 10.1. The molecule has 1 aromatic heterocycles. The number of aliphatic carboxylic acids is 1. The number of rotatable bonds is 6. The smallest absolute Gasteiger partial charge is 0.323 e. The van der Waals surface area contributed by atoms with Crippen LogP contribution in [-0.2, 0) is 9.53 Å². The summed E-state index contributed by atoms with van der Waals surface area (Å²) in [5.41, 5.74) is 1.64. The Morgan fingerprint density at radius 1 is 1.24 bits per heavy atom. The number of ether oxygens (including phenoxy) is 1. The molecule has 2 aromatic rings. The van der Waals surface area contributed by atoms with Crippen LogP contribution in [0.25, 0.3) is 11.0 Å². The normalized spacial score (nSPS) is 10.5. The summed E-state index contributed by atoms with van der Waals surface area (Å²) in [6, 6.07) is 4.90. The van der Waals surface area contributed by atoms with Crippen LogP contribution in [0.2, 0.25) is 0 Å². The van der Waals surface area contributed by atoms with E-state index in [1.807, 2.05) is 0 Å². The van der Waals surface area contributed by atoms with E-state index in [-0.39, 0.29) is 25.6 Å². The Bertz CT molecular complexity index is 659. The monoisotopic (exact) mass is 289 g/mol. The van der Waals surface area contributed by atoms with E-state index in [2.05, 4.69) is 9.97 Å². The van der Waals surface area contributed by atoms with Crippen LogP contribution < -0.4 is 0 Å². The van der Waals surface area contributed by atoms with Crippen molar-refractivity contribution in [2.45, 2.75) is 0 Å². The fourth-order valence-corrected chi connectivity index (χ4v) is 1.90. The number of hydrogen-bond donors (Lipinski definition) is 1. The van der Waals surface area contributed by atoms with E-state index >= 15 is 0 Å². The molecule has 0 aliphatic rings. The van der Waals surface area contributed by atoms with Gasteiger partial charge in [0, 0.05) is 31.6 Å². The topological polar surface area (TPSA) is 92.6 Å². The van der Waals surface area contributed by atoms with Gasteiger partial charge in [-0.05, 0) is 18.2 Å². The summed E-state index contributed by atoms with van der Waals surface area (Å²) in [6.07, 6.45) is 3.11. The third-order valence-electron chi connectivity index (χ3n) is 2.89. The highest BCUT2D eigenvalue weighted by molar-refractivity contribution is 5.98. The van der Waals surface area contributed by atoms with Crippen molar-refractivity contribution in [2.75, 3.05) is 26.8 Å². The second-order valence-electron chi connectivity index (χ2n) is 4.37. The number of nitrogens with zero attached hydrogens (tertiary/aromatic N) is 3. The fourth-order valence-electron chi connectivity index (χ4n) is 1.90. The minimum Gasteiger partial charge on any atom is -0.480 e. The van der Waals surface area contributed by atoms with Gasteiger partial charge in [-0.3, -0.25) is 19.6 Å². The van der Waals surface area contributed by atoms with Crippen molar-refractivity contribution in [1.29, 1.82) is 0 Å². The summed E-state index contributed by atoms with van der Waals surface area (Å²) >= 11 is 0. The van der Waals surface area contributed by atoms with Crippen molar-refractivity contribution in [3.63, 3.8) is 0 Å². The van der Waals surface area contributed by atoms with Gasteiger partial charge in [-0.2, -0.15) is 0 Å². The van der Waals surface area contributed by atoms with Crippen LogP contribution in [0.5, 0.6) is 0 Å². The molecule has 0 unspecified atom stereocenters. The molecule has 0 radical (unpaired) electrons. The number of hydrogen-bond acceptors (Lipinski definition) is 5. The van der Waals surface area contributed by atoms with Gasteiger partial charge in [0.05, 0.1) is 17.6 Å². The lowest BCUT2D eigenvalue weighted by molar-refractivity contribution is -0.137. The van der Waals surface area contributed by atoms with Gasteiger partial charge in [-0.25, -0.2) is 0 Å². The number of carboxylic acid groups (broad SMARTS) is 1. The first kappa shape index (κ1) is 14.9. The van der Waals surface area contributed by atoms with Crippen LogP contribution in [0.1, 0.15) is 10.4 Å². The predicted octanol–water partition coefficient (Wildman–Crippen LogP) is 0.803. The van der Waals surface area contributed by atoms with Crippen LogP contribution >= 0.6 is 0 Å². The molecule has 7 heteroatoms. The van der Waals surface area contributed by atoms with Crippen molar-refractivity contribution in [3.8, 4) is 0 Å². The van der Waals surface area contributed by atoms with E-state index in [9.17, 15) is 9.59 Å². The van der Waals surface area contributed by atoms with Crippen molar-refractivity contribution in [1.82, 2.24) is 14.9 Å². The highest BCUT2D eigenvalue weighted by atomic mass is 16.5. The Morgan fingerprint density at radius 3 is 2.62 bits per heavy atom. The van der Waals surface area contributed by atoms with E-state index in [4.69, 9.17) is 9.84 Å². The van der Waals surface area contributed by atoms with Crippen LogP contribution in [0.3, 0.4) is 0 Å². The molecule has 0 fully saturated rings. The van der Waals surface area contributed by atoms with Crippen molar-refractivity contribution >= 4 is 22.9 Å². The minimum absolute atomic E-state index is 0.208. The molecule has 0 aliphatic heterocycles. The molecule has 0 atom stereocenters. The number of methoxy groups -OCH3 is 1. The van der Waals surface area contributed by atoms with Gasteiger partial charge in [0.2, 0.25) is 0 Å². The third-order valence-corrected chi connectivity index (χ3v) is 2.89. The van der Waals surface area contributed by atoms with Crippen molar-refractivity contribution < 1.29 is 19.4 Å². The van der Waals surface area contributed by atoms with Gasteiger partial charge >= 0.3 is 5.97 Å². The average molecular weight is 289 g/mol. The van der Waals surface area contributed by atoms with Crippen LogP contribution in [-0.4, -0.2) is 58.7 Å². The predicted molar refractivity (Wildman–Crippen MR) is 75.0 cm³/mol. The first-order valence-electron chi connectivity index (χ1n) is 6.32. The Labute approximate surface area is 121 Å². The number of benzene rings is 1. The summed E-state index contributed by atoms with van der Waals surface area (Å²) in [5.74, 6) is -1.44. The van der Waals surface area contributed by atoms with E-state index in [0.717, 1.165) is 0 Å². The van der Waals surface area contributed by atoms with Gasteiger partial charge in [0.25, 0.3) is 5.91 Å². The van der Waals surface area contributed by atoms with Gasteiger partial charge < -0.3 is 14.7 Å². The van der Waals surface area contributed by atoms with E-state index in [1.165, 1.54) is 18.2 Å². The average Bonchev–Trinajstić information content (AvgIpc) is 2.50. The molecule has 0 aliphatic carbocycles. The maximum Gasteiger partial charge on any atom is 0.323 e. The molecule has 0 bridgehead atoms. The van der Waals surface area contributed by atoms with Gasteiger partial charge in [0.15, 0.2) is 0 Å². The number of carbonyl (C=O) groups excluding carboxylic acids is 1. The Balaban J connectivity index is 2.26. The van der Waals surface area contributed by atoms with Gasteiger partial charge in [0.1, 0.15) is 6.54 Å². The SMILES string of the molecule is COCCN(CC(=O)O)C(=O)c1ccc2nccnc2c1. The number of amides is 1. The number of fused-ring (bicyclic) bond motifs is 1. The summed E-state index contributed by atoms with van der Waals surface area (Å²) in [4.78, 5) is 32.7. The maximum atomic E-state index is 12.4. The number of aromatic nitrogens is 2.